The number of amides is 1. The van der Waals surface area contributed by atoms with E-state index in [4.69, 9.17) is 9.47 Å². The van der Waals surface area contributed by atoms with E-state index >= 15 is 0 Å². The number of benzene rings is 1. The Morgan fingerprint density at radius 3 is 2.48 bits per heavy atom. The molecule has 5 heteroatoms. The van der Waals surface area contributed by atoms with Crippen LogP contribution in [0.15, 0.2) is 23.3 Å². The summed E-state index contributed by atoms with van der Waals surface area (Å²) < 4.78 is 10.3. The van der Waals surface area contributed by atoms with Crippen LogP contribution in [-0.4, -0.2) is 25.8 Å². The van der Waals surface area contributed by atoms with Gasteiger partial charge < -0.3 is 9.47 Å². The normalized spacial score (nSPS) is 11.4. The summed E-state index contributed by atoms with van der Waals surface area (Å²) >= 11 is 0. The first-order valence-corrected chi connectivity index (χ1v) is 7.03. The zero-order chi connectivity index (χ0) is 15.8. The first-order chi connectivity index (χ1) is 9.97. The van der Waals surface area contributed by atoms with Crippen LogP contribution in [0.2, 0.25) is 0 Å². The molecule has 0 aliphatic rings. The van der Waals surface area contributed by atoms with Gasteiger partial charge in [-0.2, -0.15) is 5.10 Å². The van der Waals surface area contributed by atoms with Crippen molar-refractivity contribution in [3.8, 4) is 11.5 Å². The number of carbonyl (C=O) groups is 1. The summed E-state index contributed by atoms with van der Waals surface area (Å²) in [6, 6.07) is 5.01. The zero-order valence-corrected chi connectivity index (χ0v) is 13.4. The number of carbonyl (C=O) groups excluding carboxylic acids is 1. The standard InChI is InChI=1S/C16H24N2O3/c1-11(2)6-7-12(3)17-18-16(19)13-8-9-14(20-4)15(10-13)21-5/h8-11H,6-7H2,1-5H3,(H,18,19)/b17-12+. The smallest absolute Gasteiger partial charge is 0.271 e. The van der Waals surface area contributed by atoms with Gasteiger partial charge >= 0.3 is 0 Å². The number of methoxy groups -OCH3 is 2. The second-order valence-electron chi connectivity index (χ2n) is 5.29. The average Bonchev–Trinajstić information content (AvgIpc) is 2.49. The van der Waals surface area contributed by atoms with Crippen LogP contribution in [0, 0.1) is 5.92 Å². The van der Waals surface area contributed by atoms with Crippen molar-refractivity contribution in [3.05, 3.63) is 23.8 Å². The molecule has 1 amide bonds. The number of nitrogens with zero attached hydrogens (tertiary/aromatic N) is 1. The molecule has 0 unspecified atom stereocenters. The number of ether oxygens (including phenoxy) is 2. The zero-order valence-electron chi connectivity index (χ0n) is 13.4. The van der Waals surface area contributed by atoms with E-state index in [1.54, 1.807) is 25.3 Å². The molecule has 0 saturated heterocycles. The summed E-state index contributed by atoms with van der Waals surface area (Å²) in [7, 11) is 3.09. The Bertz CT molecular complexity index is 510. The molecule has 1 aromatic carbocycles. The van der Waals surface area contributed by atoms with Crippen LogP contribution in [0.1, 0.15) is 44.0 Å². The van der Waals surface area contributed by atoms with Crippen molar-refractivity contribution in [2.24, 2.45) is 11.0 Å². The SMILES string of the molecule is COc1ccc(C(=O)N/N=C(\C)CCC(C)C)cc1OC. The summed E-state index contributed by atoms with van der Waals surface area (Å²) in [6.45, 7) is 6.24. The van der Waals surface area contributed by atoms with Gasteiger partial charge in [0.05, 0.1) is 14.2 Å². The summed E-state index contributed by atoms with van der Waals surface area (Å²) in [5, 5.41) is 4.12. The first-order valence-electron chi connectivity index (χ1n) is 7.03. The topological polar surface area (TPSA) is 59.9 Å². The molecule has 0 atom stereocenters. The minimum atomic E-state index is -0.264. The van der Waals surface area contributed by atoms with Crippen LogP contribution < -0.4 is 14.9 Å². The Kier molecular flexibility index (Phi) is 6.72. The van der Waals surface area contributed by atoms with Crippen molar-refractivity contribution >= 4 is 11.6 Å². The molecule has 1 N–H and O–H groups in total. The number of hydrogen-bond donors (Lipinski definition) is 1. The second kappa shape index (κ2) is 8.29. The van der Waals surface area contributed by atoms with Crippen molar-refractivity contribution in [2.45, 2.75) is 33.6 Å². The van der Waals surface area contributed by atoms with E-state index in [1.807, 2.05) is 6.92 Å². The molecule has 0 heterocycles. The van der Waals surface area contributed by atoms with Crippen LogP contribution in [0.3, 0.4) is 0 Å². The maximum Gasteiger partial charge on any atom is 0.271 e. The van der Waals surface area contributed by atoms with E-state index in [1.165, 1.54) is 7.11 Å². The highest BCUT2D eigenvalue weighted by Crippen LogP contribution is 2.27. The fourth-order valence-electron chi connectivity index (χ4n) is 1.74. The van der Waals surface area contributed by atoms with Gasteiger partial charge in [0, 0.05) is 11.3 Å². The van der Waals surface area contributed by atoms with Gasteiger partial charge in [-0.15, -0.1) is 0 Å². The quantitative estimate of drug-likeness (QED) is 0.620. The van der Waals surface area contributed by atoms with E-state index in [9.17, 15) is 4.79 Å². The number of nitrogens with one attached hydrogen (secondary N) is 1. The number of hydrogen-bond acceptors (Lipinski definition) is 4. The highest BCUT2D eigenvalue weighted by atomic mass is 16.5. The van der Waals surface area contributed by atoms with E-state index in [0.29, 0.717) is 23.0 Å². The maximum atomic E-state index is 12.0. The lowest BCUT2D eigenvalue weighted by molar-refractivity contribution is 0.0954. The molecule has 0 aliphatic carbocycles. The van der Waals surface area contributed by atoms with E-state index in [0.717, 1.165) is 18.6 Å². The molecule has 0 aliphatic heterocycles. The minimum absolute atomic E-state index is 0.264. The molecule has 5 nitrogen and oxygen atoms in total. The van der Waals surface area contributed by atoms with Crippen LogP contribution in [0.25, 0.3) is 0 Å². The third kappa shape index (κ3) is 5.45. The summed E-state index contributed by atoms with van der Waals surface area (Å²) in [5.41, 5.74) is 3.96. The lowest BCUT2D eigenvalue weighted by Crippen LogP contribution is -2.19. The van der Waals surface area contributed by atoms with Gasteiger partial charge in [-0.1, -0.05) is 13.8 Å². The fraction of sp³-hybridized carbons (Fsp3) is 0.500. The molecule has 0 radical (unpaired) electrons. The van der Waals surface area contributed by atoms with Gasteiger partial charge in [0.15, 0.2) is 11.5 Å². The predicted molar refractivity (Wildman–Crippen MR) is 84.2 cm³/mol. The minimum Gasteiger partial charge on any atom is -0.493 e. The molecule has 0 spiro atoms. The lowest BCUT2D eigenvalue weighted by atomic mass is 10.1. The molecule has 0 fully saturated rings. The maximum absolute atomic E-state index is 12.0. The average molecular weight is 292 g/mol. The monoisotopic (exact) mass is 292 g/mol. The molecule has 116 valence electrons. The third-order valence-electron chi connectivity index (χ3n) is 3.08. The molecule has 1 rings (SSSR count). The van der Waals surface area contributed by atoms with Crippen molar-refractivity contribution in [1.82, 2.24) is 5.43 Å². The van der Waals surface area contributed by atoms with Crippen molar-refractivity contribution in [3.63, 3.8) is 0 Å². The Balaban J connectivity index is 2.69. The van der Waals surface area contributed by atoms with Crippen LogP contribution in [-0.2, 0) is 0 Å². The van der Waals surface area contributed by atoms with E-state index in [2.05, 4.69) is 24.4 Å². The third-order valence-corrected chi connectivity index (χ3v) is 3.08. The summed E-state index contributed by atoms with van der Waals surface area (Å²) in [6.07, 6.45) is 1.94. The van der Waals surface area contributed by atoms with Gasteiger partial charge in [-0.25, -0.2) is 5.43 Å². The molecule has 0 aromatic heterocycles. The molecular weight excluding hydrogens is 268 g/mol. The molecule has 1 aromatic rings. The van der Waals surface area contributed by atoms with Crippen molar-refractivity contribution in [1.29, 1.82) is 0 Å². The first kappa shape index (κ1) is 17.0. The Morgan fingerprint density at radius 1 is 1.24 bits per heavy atom. The molecular formula is C16H24N2O3. The number of rotatable bonds is 7. The summed E-state index contributed by atoms with van der Waals surface area (Å²) in [5.74, 6) is 1.47. The largest absolute Gasteiger partial charge is 0.493 e. The van der Waals surface area contributed by atoms with Crippen LogP contribution in [0.4, 0.5) is 0 Å². The Hall–Kier alpha value is -2.04. The van der Waals surface area contributed by atoms with Gasteiger partial charge in [-0.05, 0) is 43.9 Å². The van der Waals surface area contributed by atoms with E-state index < -0.39 is 0 Å². The van der Waals surface area contributed by atoms with Gasteiger partial charge in [-0.3, -0.25) is 4.79 Å². The highest BCUT2D eigenvalue weighted by molar-refractivity contribution is 5.95. The fourth-order valence-corrected chi connectivity index (χ4v) is 1.74. The molecule has 0 bridgehead atoms. The summed E-state index contributed by atoms with van der Waals surface area (Å²) in [4.78, 5) is 12.0. The molecule has 0 saturated carbocycles. The predicted octanol–water partition coefficient (Wildman–Crippen LogP) is 3.25. The van der Waals surface area contributed by atoms with Crippen LogP contribution in [0.5, 0.6) is 11.5 Å². The van der Waals surface area contributed by atoms with Gasteiger partial charge in [0.2, 0.25) is 0 Å². The molecule has 21 heavy (non-hydrogen) atoms. The van der Waals surface area contributed by atoms with Crippen molar-refractivity contribution in [2.75, 3.05) is 14.2 Å². The van der Waals surface area contributed by atoms with E-state index in [-0.39, 0.29) is 5.91 Å². The Morgan fingerprint density at radius 2 is 1.90 bits per heavy atom. The Labute approximate surface area is 126 Å². The second-order valence-corrected chi connectivity index (χ2v) is 5.29. The number of hydrazone groups is 1. The van der Waals surface area contributed by atoms with Gasteiger partial charge in [0.25, 0.3) is 5.91 Å². The highest BCUT2D eigenvalue weighted by Gasteiger charge is 2.10. The van der Waals surface area contributed by atoms with Crippen LogP contribution >= 0.6 is 0 Å². The van der Waals surface area contributed by atoms with Crippen molar-refractivity contribution < 1.29 is 14.3 Å². The lowest BCUT2D eigenvalue weighted by Gasteiger charge is -2.09. The van der Waals surface area contributed by atoms with Gasteiger partial charge in [0.1, 0.15) is 0 Å².